The number of hydrogen-bond acceptors (Lipinski definition) is 4. The third-order valence-corrected chi connectivity index (χ3v) is 7.14. The molecule has 7 heteroatoms. The molecule has 184 valence electrons. The summed E-state index contributed by atoms with van der Waals surface area (Å²) in [7, 11) is 0. The van der Waals surface area contributed by atoms with Gasteiger partial charge in [0.1, 0.15) is 30.0 Å². The summed E-state index contributed by atoms with van der Waals surface area (Å²) in [6.45, 7) is 4.81. The van der Waals surface area contributed by atoms with Crippen molar-refractivity contribution in [3.63, 3.8) is 0 Å². The number of benzene rings is 3. The molecule has 0 amide bonds. The molecular formula is C29H27F2N3O2. The van der Waals surface area contributed by atoms with Crippen molar-refractivity contribution in [3.8, 4) is 11.5 Å². The monoisotopic (exact) mass is 487 g/mol. The standard InChI is InChI=1S/C29H27F2N3O2/c1-18-27(20-2-6-22(31)7-3-20)29(36-26-11-10-25-24(28(18)26)15-32-33-25)21-4-8-23(9-5-21)35-13-12-34-16-19(14-30)17-34/h2-11,15,19,29H,12-14,16-17H2,1H3,(H,32,33). The number of fused-ring (bicyclic) bond motifs is 3. The highest BCUT2D eigenvalue weighted by atomic mass is 19.1. The van der Waals surface area contributed by atoms with Gasteiger partial charge in [-0.1, -0.05) is 24.3 Å². The highest BCUT2D eigenvalue weighted by Gasteiger charge is 2.31. The average molecular weight is 488 g/mol. The normalized spacial score (nSPS) is 18.1. The van der Waals surface area contributed by atoms with E-state index in [1.165, 1.54) is 12.1 Å². The summed E-state index contributed by atoms with van der Waals surface area (Å²) in [6, 6.07) is 18.4. The molecule has 4 aromatic rings. The third-order valence-electron chi connectivity index (χ3n) is 7.14. The molecule has 1 unspecified atom stereocenters. The number of nitrogens with one attached hydrogen (secondary N) is 1. The average Bonchev–Trinajstić information content (AvgIpc) is 3.35. The third kappa shape index (κ3) is 4.13. The zero-order valence-electron chi connectivity index (χ0n) is 20.0. The molecule has 1 N–H and O–H groups in total. The van der Waals surface area contributed by atoms with E-state index in [1.807, 2.05) is 42.6 Å². The molecule has 0 saturated carbocycles. The number of nitrogens with zero attached hydrogens (tertiary/aromatic N) is 2. The van der Waals surface area contributed by atoms with E-state index in [0.717, 1.165) is 69.9 Å². The number of allylic oxidation sites excluding steroid dienone is 1. The number of rotatable bonds is 7. The number of aromatic amines is 1. The van der Waals surface area contributed by atoms with Crippen molar-refractivity contribution in [1.29, 1.82) is 0 Å². The number of H-pyrrole nitrogens is 1. The van der Waals surface area contributed by atoms with Gasteiger partial charge in [-0.15, -0.1) is 0 Å². The highest BCUT2D eigenvalue weighted by molar-refractivity contribution is 6.04. The Bertz CT molecular complexity index is 1410. The molecular weight excluding hydrogens is 460 g/mol. The summed E-state index contributed by atoms with van der Waals surface area (Å²) in [5.41, 5.74) is 5.89. The van der Waals surface area contributed by atoms with Crippen molar-refractivity contribution in [2.45, 2.75) is 13.0 Å². The first-order chi connectivity index (χ1) is 17.6. The van der Waals surface area contributed by atoms with Crippen LogP contribution in [0.3, 0.4) is 0 Å². The van der Waals surface area contributed by atoms with E-state index in [2.05, 4.69) is 22.0 Å². The van der Waals surface area contributed by atoms with Gasteiger partial charge in [-0.2, -0.15) is 5.10 Å². The van der Waals surface area contributed by atoms with Crippen molar-refractivity contribution in [1.82, 2.24) is 15.1 Å². The summed E-state index contributed by atoms with van der Waals surface area (Å²) in [5.74, 6) is 1.48. The van der Waals surface area contributed by atoms with Crippen molar-refractivity contribution in [3.05, 3.63) is 89.4 Å². The predicted molar refractivity (Wildman–Crippen MR) is 136 cm³/mol. The van der Waals surface area contributed by atoms with Gasteiger partial charge in [-0.25, -0.2) is 4.39 Å². The van der Waals surface area contributed by atoms with Crippen molar-refractivity contribution < 1.29 is 18.3 Å². The molecule has 3 heterocycles. The maximum absolute atomic E-state index is 13.7. The van der Waals surface area contributed by atoms with E-state index in [9.17, 15) is 8.78 Å². The molecule has 6 rings (SSSR count). The van der Waals surface area contributed by atoms with Gasteiger partial charge in [-0.3, -0.25) is 14.4 Å². The van der Waals surface area contributed by atoms with Gasteiger partial charge in [0.2, 0.25) is 0 Å². The van der Waals surface area contributed by atoms with Crippen molar-refractivity contribution in [2.75, 3.05) is 32.9 Å². The number of halogens is 2. The minimum absolute atomic E-state index is 0.182. The lowest BCUT2D eigenvalue weighted by Gasteiger charge is -2.37. The molecule has 5 nitrogen and oxygen atoms in total. The lowest BCUT2D eigenvalue weighted by atomic mass is 9.85. The van der Waals surface area contributed by atoms with Crippen LogP contribution in [-0.4, -0.2) is 48.0 Å². The molecule has 36 heavy (non-hydrogen) atoms. The Hall–Kier alpha value is -3.71. The summed E-state index contributed by atoms with van der Waals surface area (Å²) in [4.78, 5) is 2.20. The van der Waals surface area contributed by atoms with Crippen LogP contribution in [0.4, 0.5) is 8.78 Å². The molecule has 1 aromatic heterocycles. The van der Waals surface area contributed by atoms with Crippen LogP contribution >= 0.6 is 0 Å². The molecule has 2 aliphatic heterocycles. The minimum Gasteiger partial charge on any atom is -0.492 e. The second-order valence-corrected chi connectivity index (χ2v) is 9.51. The van der Waals surface area contributed by atoms with Crippen molar-refractivity contribution >= 4 is 22.0 Å². The fourth-order valence-corrected chi connectivity index (χ4v) is 5.22. The van der Waals surface area contributed by atoms with E-state index in [1.54, 1.807) is 12.1 Å². The lowest BCUT2D eigenvalue weighted by Crippen LogP contribution is -2.49. The Morgan fingerprint density at radius 3 is 2.58 bits per heavy atom. The molecule has 1 saturated heterocycles. The molecule has 0 aliphatic carbocycles. The zero-order valence-corrected chi connectivity index (χ0v) is 20.0. The molecule has 1 atom stereocenters. The fourth-order valence-electron chi connectivity index (χ4n) is 5.22. The number of ether oxygens (including phenoxy) is 2. The Morgan fingerprint density at radius 2 is 1.83 bits per heavy atom. The first-order valence-corrected chi connectivity index (χ1v) is 12.2. The van der Waals surface area contributed by atoms with Crippen LogP contribution in [0.2, 0.25) is 0 Å². The predicted octanol–water partition coefficient (Wildman–Crippen LogP) is 6.05. The smallest absolute Gasteiger partial charge is 0.150 e. The summed E-state index contributed by atoms with van der Waals surface area (Å²) in [5, 5.41) is 8.22. The van der Waals surface area contributed by atoms with Crippen LogP contribution in [0.15, 0.2) is 66.9 Å². The Morgan fingerprint density at radius 1 is 1.06 bits per heavy atom. The van der Waals surface area contributed by atoms with Crippen LogP contribution in [0.1, 0.15) is 29.7 Å². The van der Waals surface area contributed by atoms with Crippen LogP contribution in [0, 0.1) is 11.7 Å². The SMILES string of the molecule is CC1=C(c2ccc(F)cc2)C(c2ccc(OCCN3CC(CF)C3)cc2)Oc2ccc3[nH]ncc3c21. The molecule has 0 bridgehead atoms. The fraction of sp³-hybridized carbons (Fsp3) is 0.276. The second-order valence-electron chi connectivity index (χ2n) is 9.51. The zero-order chi connectivity index (χ0) is 24.6. The first kappa shape index (κ1) is 22.7. The summed E-state index contributed by atoms with van der Waals surface area (Å²) in [6.07, 6.45) is 1.45. The van der Waals surface area contributed by atoms with Gasteiger partial charge in [0.05, 0.1) is 18.4 Å². The van der Waals surface area contributed by atoms with Crippen LogP contribution in [0.25, 0.3) is 22.0 Å². The topological polar surface area (TPSA) is 50.4 Å². The van der Waals surface area contributed by atoms with Gasteiger partial charge in [0.15, 0.2) is 0 Å². The minimum atomic E-state index is -0.361. The molecule has 0 spiro atoms. The number of aromatic nitrogens is 2. The van der Waals surface area contributed by atoms with E-state index in [4.69, 9.17) is 9.47 Å². The van der Waals surface area contributed by atoms with E-state index < -0.39 is 0 Å². The van der Waals surface area contributed by atoms with Gasteiger partial charge < -0.3 is 9.47 Å². The summed E-state index contributed by atoms with van der Waals surface area (Å²) >= 11 is 0. The second kappa shape index (κ2) is 9.39. The molecule has 0 radical (unpaired) electrons. The van der Waals surface area contributed by atoms with Crippen LogP contribution < -0.4 is 9.47 Å². The maximum Gasteiger partial charge on any atom is 0.150 e. The summed E-state index contributed by atoms with van der Waals surface area (Å²) < 4.78 is 38.9. The highest BCUT2D eigenvalue weighted by Crippen LogP contribution is 2.48. The van der Waals surface area contributed by atoms with Gasteiger partial charge in [0, 0.05) is 42.1 Å². The Labute approximate surface area is 208 Å². The van der Waals surface area contributed by atoms with Gasteiger partial charge in [0.25, 0.3) is 0 Å². The van der Waals surface area contributed by atoms with E-state index in [-0.39, 0.29) is 24.5 Å². The van der Waals surface area contributed by atoms with Gasteiger partial charge in [-0.05, 0) is 60.0 Å². The van der Waals surface area contributed by atoms with E-state index in [0.29, 0.717) is 6.61 Å². The van der Waals surface area contributed by atoms with Crippen LogP contribution in [-0.2, 0) is 0 Å². The molecule has 3 aromatic carbocycles. The lowest BCUT2D eigenvalue weighted by molar-refractivity contribution is 0.0668. The number of alkyl halides is 1. The Balaban J connectivity index is 1.29. The van der Waals surface area contributed by atoms with Crippen LogP contribution in [0.5, 0.6) is 11.5 Å². The molecule has 2 aliphatic rings. The maximum atomic E-state index is 13.7. The van der Waals surface area contributed by atoms with E-state index >= 15 is 0 Å². The molecule has 1 fully saturated rings. The largest absolute Gasteiger partial charge is 0.492 e. The number of hydrogen-bond donors (Lipinski definition) is 1. The Kier molecular flexibility index (Phi) is 5.93. The number of likely N-dealkylation sites (tertiary alicyclic amines) is 1. The van der Waals surface area contributed by atoms with Crippen molar-refractivity contribution in [2.24, 2.45) is 5.92 Å². The first-order valence-electron chi connectivity index (χ1n) is 12.2. The van der Waals surface area contributed by atoms with Gasteiger partial charge >= 0.3 is 0 Å². The quantitative estimate of drug-likeness (QED) is 0.345.